The summed E-state index contributed by atoms with van der Waals surface area (Å²) in [5.74, 6) is 1.93. The maximum atomic E-state index is 12.9. The third-order valence-electron chi connectivity index (χ3n) is 4.38. The molecule has 0 fully saturated rings. The average Bonchev–Trinajstić information content (AvgIpc) is 2.72. The van der Waals surface area contributed by atoms with Crippen molar-refractivity contribution in [1.82, 2.24) is 0 Å². The van der Waals surface area contributed by atoms with Crippen molar-refractivity contribution in [2.45, 2.75) is 19.8 Å². The molecule has 0 aliphatic carbocycles. The van der Waals surface area contributed by atoms with Crippen LogP contribution in [0.3, 0.4) is 0 Å². The van der Waals surface area contributed by atoms with Crippen molar-refractivity contribution in [2.24, 2.45) is 4.99 Å². The number of hydrogen-bond acceptors (Lipinski definition) is 5. The number of ether oxygens (including phenoxy) is 1. The van der Waals surface area contributed by atoms with Gasteiger partial charge in [0.15, 0.2) is 11.0 Å². The van der Waals surface area contributed by atoms with Crippen LogP contribution in [0.5, 0.6) is 5.75 Å². The molecule has 26 heavy (non-hydrogen) atoms. The largest absolute Gasteiger partial charge is 0.497 e. The molecule has 1 aliphatic rings. The Balaban J connectivity index is 1.84. The highest BCUT2D eigenvalue weighted by Gasteiger charge is 2.20. The van der Waals surface area contributed by atoms with E-state index in [4.69, 9.17) is 4.74 Å². The third-order valence-corrected chi connectivity index (χ3v) is 5.48. The number of methoxy groups -OCH3 is 1. The minimum Gasteiger partial charge on any atom is -0.497 e. The number of ketones is 1. The predicted molar refractivity (Wildman–Crippen MR) is 110 cm³/mol. The molecule has 1 aliphatic heterocycles. The van der Waals surface area contributed by atoms with Crippen molar-refractivity contribution >= 4 is 28.4 Å². The van der Waals surface area contributed by atoms with Crippen molar-refractivity contribution in [3.63, 3.8) is 0 Å². The molecule has 0 saturated carbocycles. The van der Waals surface area contributed by atoms with E-state index < -0.39 is 0 Å². The first kappa shape index (κ1) is 18.5. The maximum absolute atomic E-state index is 12.9. The normalized spacial score (nSPS) is 13.8. The summed E-state index contributed by atoms with van der Waals surface area (Å²) in [6.07, 6.45) is 2.05. The summed E-state index contributed by atoms with van der Waals surface area (Å²) in [4.78, 5) is 19.5. The zero-order valence-corrected chi connectivity index (χ0v) is 16.1. The Bertz CT molecular complexity index is 770. The lowest BCUT2D eigenvalue weighted by Crippen LogP contribution is -2.35. The minimum atomic E-state index is 0.0948. The van der Waals surface area contributed by atoms with Gasteiger partial charge in [0.05, 0.1) is 13.7 Å². The van der Waals surface area contributed by atoms with Gasteiger partial charge in [-0.25, -0.2) is 0 Å². The molecule has 1 heterocycles. The van der Waals surface area contributed by atoms with Crippen LogP contribution in [0.15, 0.2) is 53.5 Å². The molecule has 2 aromatic carbocycles. The summed E-state index contributed by atoms with van der Waals surface area (Å²) in [7, 11) is 1.65. The first-order chi connectivity index (χ1) is 12.7. The number of thioether (sulfide) groups is 1. The summed E-state index contributed by atoms with van der Waals surface area (Å²) >= 11 is 1.71. The number of benzene rings is 2. The first-order valence-electron chi connectivity index (χ1n) is 8.92. The molecule has 4 nitrogen and oxygen atoms in total. The van der Waals surface area contributed by atoms with Crippen LogP contribution in [-0.4, -0.2) is 36.9 Å². The molecule has 2 aromatic rings. The number of carbonyl (C=O) groups excluding carboxylic acids is 1. The SMILES string of the molecule is CCc1ccc(C(=O)CN(C2=NCCCS2)c2ccc(OC)cc2)cc1. The van der Waals surface area contributed by atoms with Gasteiger partial charge in [-0.05, 0) is 42.7 Å². The standard InChI is InChI=1S/C21H24N2O2S/c1-3-16-5-7-17(8-6-16)20(24)15-23(21-22-13-4-14-26-21)18-9-11-19(25-2)12-10-18/h5-12H,3-4,13-15H2,1-2H3. The van der Waals surface area contributed by atoms with E-state index in [9.17, 15) is 4.79 Å². The van der Waals surface area contributed by atoms with Crippen LogP contribution in [0.2, 0.25) is 0 Å². The molecule has 0 bridgehead atoms. The molecule has 0 radical (unpaired) electrons. The van der Waals surface area contributed by atoms with Crippen LogP contribution in [0, 0.1) is 0 Å². The Hall–Kier alpha value is -2.27. The van der Waals surface area contributed by atoms with E-state index in [2.05, 4.69) is 11.9 Å². The second kappa shape index (κ2) is 8.90. The molecule has 3 rings (SSSR count). The van der Waals surface area contributed by atoms with Crippen LogP contribution < -0.4 is 9.64 Å². The molecule has 0 saturated heterocycles. The second-order valence-corrected chi connectivity index (χ2v) is 7.19. The van der Waals surface area contributed by atoms with E-state index in [1.807, 2.05) is 53.4 Å². The number of amidine groups is 1. The van der Waals surface area contributed by atoms with Crippen molar-refractivity contribution in [3.8, 4) is 5.75 Å². The van der Waals surface area contributed by atoms with Crippen molar-refractivity contribution in [1.29, 1.82) is 0 Å². The topological polar surface area (TPSA) is 41.9 Å². The van der Waals surface area contributed by atoms with Gasteiger partial charge in [0.1, 0.15) is 5.75 Å². The Morgan fingerprint density at radius 3 is 2.46 bits per heavy atom. The molecule has 0 amide bonds. The average molecular weight is 369 g/mol. The van der Waals surface area contributed by atoms with Gasteiger partial charge in [-0.15, -0.1) is 0 Å². The van der Waals surface area contributed by atoms with Gasteiger partial charge in [0, 0.05) is 23.5 Å². The lowest BCUT2D eigenvalue weighted by atomic mass is 10.1. The van der Waals surface area contributed by atoms with Crippen LogP contribution in [-0.2, 0) is 6.42 Å². The number of nitrogens with zero attached hydrogens (tertiary/aromatic N) is 2. The Morgan fingerprint density at radius 2 is 1.88 bits per heavy atom. The number of Topliss-reactive ketones (excluding diaryl/α,β-unsaturated/α-hetero) is 1. The fraction of sp³-hybridized carbons (Fsp3) is 0.333. The number of rotatable bonds is 6. The van der Waals surface area contributed by atoms with Gasteiger partial charge in [0.25, 0.3) is 0 Å². The van der Waals surface area contributed by atoms with E-state index in [0.717, 1.165) is 47.3 Å². The van der Waals surface area contributed by atoms with Gasteiger partial charge in [-0.3, -0.25) is 9.79 Å². The summed E-state index contributed by atoms with van der Waals surface area (Å²) in [5.41, 5.74) is 2.93. The summed E-state index contributed by atoms with van der Waals surface area (Å²) in [6.45, 7) is 3.21. The summed E-state index contributed by atoms with van der Waals surface area (Å²) in [5, 5.41) is 0.917. The van der Waals surface area contributed by atoms with Crippen LogP contribution in [0.1, 0.15) is 29.3 Å². The van der Waals surface area contributed by atoms with Crippen molar-refractivity contribution < 1.29 is 9.53 Å². The monoisotopic (exact) mass is 368 g/mol. The van der Waals surface area contributed by atoms with E-state index >= 15 is 0 Å². The molecule has 0 unspecified atom stereocenters. The van der Waals surface area contributed by atoms with Crippen LogP contribution >= 0.6 is 11.8 Å². The minimum absolute atomic E-state index is 0.0948. The molecule has 0 atom stereocenters. The van der Waals surface area contributed by atoms with Gasteiger partial charge >= 0.3 is 0 Å². The highest BCUT2D eigenvalue weighted by molar-refractivity contribution is 8.14. The zero-order chi connectivity index (χ0) is 18.4. The third kappa shape index (κ3) is 4.47. The lowest BCUT2D eigenvalue weighted by Gasteiger charge is -2.27. The van der Waals surface area contributed by atoms with E-state index in [1.54, 1.807) is 18.9 Å². The molecule has 0 N–H and O–H groups in total. The summed E-state index contributed by atoms with van der Waals surface area (Å²) < 4.78 is 5.25. The van der Waals surface area contributed by atoms with Gasteiger partial charge in [0.2, 0.25) is 0 Å². The number of aliphatic imine (C=N–C) groups is 1. The summed E-state index contributed by atoms with van der Waals surface area (Å²) in [6, 6.07) is 15.7. The van der Waals surface area contributed by atoms with Crippen molar-refractivity contribution in [3.05, 3.63) is 59.7 Å². The molecule has 0 aromatic heterocycles. The van der Waals surface area contributed by atoms with Gasteiger partial charge in [-0.1, -0.05) is 43.0 Å². The lowest BCUT2D eigenvalue weighted by molar-refractivity contribution is 0.100. The zero-order valence-electron chi connectivity index (χ0n) is 15.3. The van der Waals surface area contributed by atoms with E-state index in [0.29, 0.717) is 0 Å². The van der Waals surface area contributed by atoms with Crippen LogP contribution in [0.25, 0.3) is 0 Å². The van der Waals surface area contributed by atoms with Crippen molar-refractivity contribution in [2.75, 3.05) is 30.9 Å². The number of aryl methyl sites for hydroxylation is 1. The fourth-order valence-corrected chi connectivity index (χ4v) is 3.77. The van der Waals surface area contributed by atoms with Gasteiger partial charge in [-0.2, -0.15) is 0 Å². The van der Waals surface area contributed by atoms with Crippen LogP contribution in [0.4, 0.5) is 5.69 Å². The Morgan fingerprint density at radius 1 is 1.15 bits per heavy atom. The maximum Gasteiger partial charge on any atom is 0.182 e. The van der Waals surface area contributed by atoms with Gasteiger partial charge < -0.3 is 9.64 Å². The number of anilines is 1. The quantitative estimate of drug-likeness (QED) is 0.707. The molecule has 0 spiro atoms. The number of hydrogen-bond donors (Lipinski definition) is 0. The van der Waals surface area contributed by atoms with E-state index in [1.165, 1.54) is 5.56 Å². The highest BCUT2D eigenvalue weighted by Crippen LogP contribution is 2.25. The Kier molecular flexibility index (Phi) is 6.34. The number of carbonyl (C=O) groups is 1. The molecular weight excluding hydrogens is 344 g/mol. The molecule has 136 valence electrons. The van der Waals surface area contributed by atoms with E-state index in [-0.39, 0.29) is 12.3 Å². The Labute approximate surface area is 159 Å². The smallest absolute Gasteiger partial charge is 0.182 e. The second-order valence-electron chi connectivity index (χ2n) is 6.12. The highest BCUT2D eigenvalue weighted by atomic mass is 32.2. The molecule has 5 heteroatoms. The first-order valence-corrected chi connectivity index (χ1v) is 9.91. The predicted octanol–water partition coefficient (Wildman–Crippen LogP) is 4.44. The fourth-order valence-electron chi connectivity index (χ4n) is 2.80. The molecular formula is C21H24N2O2S.